The Bertz CT molecular complexity index is 1970. The van der Waals surface area contributed by atoms with E-state index in [2.05, 4.69) is 19.9 Å². The molecule has 1 aliphatic heterocycles. The van der Waals surface area contributed by atoms with Crippen LogP contribution in [0.2, 0.25) is 0 Å². The first-order valence-corrected chi connectivity index (χ1v) is 13.6. The second-order valence-electron chi connectivity index (χ2n) is 10.2. The Balaban J connectivity index is 1.15. The van der Waals surface area contributed by atoms with Crippen LogP contribution in [0.25, 0.3) is 28.1 Å². The summed E-state index contributed by atoms with van der Waals surface area (Å²) in [4.78, 5) is 29.1. The van der Waals surface area contributed by atoms with Crippen molar-refractivity contribution in [2.24, 2.45) is 0 Å². The van der Waals surface area contributed by atoms with Crippen molar-refractivity contribution in [2.45, 2.75) is 32.1 Å². The van der Waals surface area contributed by atoms with Crippen LogP contribution in [0.3, 0.4) is 0 Å². The fourth-order valence-electron chi connectivity index (χ4n) is 5.11. The van der Waals surface area contributed by atoms with E-state index in [9.17, 15) is 9.90 Å². The van der Waals surface area contributed by atoms with Crippen LogP contribution < -0.4 is 4.74 Å². The molecule has 0 saturated carbocycles. The minimum atomic E-state index is -1.06. The van der Waals surface area contributed by atoms with Gasteiger partial charge in [0.25, 0.3) is 0 Å². The molecule has 6 aromatic rings. The molecule has 0 aliphatic carbocycles. The van der Waals surface area contributed by atoms with Gasteiger partial charge in [0, 0.05) is 43.2 Å². The number of hydrogen-bond donors (Lipinski definition) is 1. The maximum Gasteiger partial charge on any atom is 0.335 e. The third-order valence-corrected chi connectivity index (χ3v) is 7.39. The Hall–Kier alpha value is -5.23. The molecular weight excluding hydrogens is 558 g/mol. The van der Waals surface area contributed by atoms with E-state index in [1.807, 2.05) is 10.8 Å². The lowest BCUT2D eigenvalue weighted by Crippen LogP contribution is -2.31. The number of aromatic nitrogens is 6. The highest BCUT2D eigenvalue weighted by Gasteiger charge is 2.23. The van der Waals surface area contributed by atoms with E-state index in [4.69, 9.17) is 9.47 Å². The fraction of sp³-hybridized carbons (Fsp3) is 0.194. The van der Waals surface area contributed by atoms with Crippen molar-refractivity contribution in [1.82, 2.24) is 28.9 Å². The summed E-state index contributed by atoms with van der Waals surface area (Å²) in [5.41, 5.74) is 2.24. The number of fused-ring (bicyclic) bond motifs is 2. The molecule has 7 rings (SSSR count). The van der Waals surface area contributed by atoms with E-state index in [-0.39, 0.29) is 47.4 Å². The van der Waals surface area contributed by atoms with Gasteiger partial charge in [0.1, 0.15) is 24.1 Å². The lowest BCUT2D eigenvalue weighted by molar-refractivity contribution is -0.0589. The largest absolute Gasteiger partial charge is 0.478 e. The number of nitrogens with zero attached hydrogens (tertiary/aromatic N) is 6. The van der Waals surface area contributed by atoms with Gasteiger partial charge in [-0.3, -0.25) is 4.40 Å². The summed E-state index contributed by atoms with van der Waals surface area (Å²) in [6.07, 6.45) is 6.05. The fourth-order valence-corrected chi connectivity index (χ4v) is 5.11. The zero-order valence-corrected chi connectivity index (χ0v) is 22.7. The van der Waals surface area contributed by atoms with Crippen LogP contribution in [0.1, 0.15) is 33.9 Å². The minimum absolute atomic E-state index is 0.00269. The first kappa shape index (κ1) is 26.7. The molecule has 1 saturated heterocycles. The molecule has 0 spiro atoms. The van der Waals surface area contributed by atoms with E-state index in [0.29, 0.717) is 41.5 Å². The molecule has 12 heteroatoms. The number of hydrogen-bond acceptors (Lipinski definition) is 7. The van der Waals surface area contributed by atoms with Crippen LogP contribution in [-0.2, 0) is 24.3 Å². The number of aromatic carboxylic acids is 1. The van der Waals surface area contributed by atoms with Gasteiger partial charge in [-0.05, 0) is 54.4 Å². The maximum atomic E-state index is 15.5. The van der Waals surface area contributed by atoms with Gasteiger partial charge in [0.05, 0.1) is 40.6 Å². The number of carboxylic acids is 1. The monoisotopic (exact) mass is 582 g/mol. The van der Waals surface area contributed by atoms with Gasteiger partial charge in [0.2, 0.25) is 11.7 Å². The lowest BCUT2D eigenvalue weighted by atomic mass is 10.0. The van der Waals surface area contributed by atoms with Crippen molar-refractivity contribution in [1.29, 1.82) is 0 Å². The highest BCUT2D eigenvalue weighted by Crippen LogP contribution is 2.29. The predicted molar refractivity (Wildman–Crippen MR) is 151 cm³/mol. The zero-order valence-electron chi connectivity index (χ0n) is 22.7. The summed E-state index contributed by atoms with van der Waals surface area (Å²) in [6, 6.07) is 13.6. The molecule has 1 aliphatic rings. The van der Waals surface area contributed by atoms with E-state index >= 15 is 8.78 Å². The van der Waals surface area contributed by atoms with E-state index in [1.165, 1.54) is 6.07 Å². The molecule has 0 amide bonds. The molecule has 216 valence electrons. The molecule has 1 atom stereocenters. The molecule has 5 heterocycles. The zero-order chi connectivity index (χ0) is 29.5. The lowest BCUT2D eigenvalue weighted by Gasteiger charge is -2.27. The van der Waals surface area contributed by atoms with Gasteiger partial charge in [-0.15, -0.1) is 0 Å². The molecule has 1 N–H and O–H groups in total. The van der Waals surface area contributed by atoms with E-state index in [1.54, 1.807) is 53.2 Å². The summed E-state index contributed by atoms with van der Waals surface area (Å²) in [5, 5.41) is 9.47. The first-order valence-electron chi connectivity index (χ1n) is 13.6. The van der Waals surface area contributed by atoms with Gasteiger partial charge in [0.15, 0.2) is 0 Å². The molecular formula is C31H24F2N6O4. The van der Waals surface area contributed by atoms with Crippen LogP contribution in [0.5, 0.6) is 5.88 Å². The Kier molecular flexibility index (Phi) is 6.74. The summed E-state index contributed by atoms with van der Waals surface area (Å²) >= 11 is 0. The topological polar surface area (TPSA) is 117 Å². The molecule has 10 nitrogen and oxygen atoms in total. The van der Waals surface area contributed by atoms with Crippen molar-refractivity contribution in [3.8, 4) is 17.1 Å². The minimum Gasteiger partial charge on any atom is -0.478 e. The summed E-state index contributed by atoms with van der Waals surface area (Å²) < 4.78 is 45.9. The number of carbonyl (C=O) groups is 1. The summed E-state index contributed by atoms with van der Waals surface area (Å²) in [6.45, 7) is 1.20. The van der Waals surface area contributed by atoms with Crippen molar-refractivity contribution in [3.05, 3.63) is 107 Å². The second kappa shape index (κ2) is 10.9. The highest BCUT2D eigenvalue weighted by atomic mass is 19.1. The number of pyridine rings is 1. The van der Waals surface area contributed by atoms with Crippen molar-refractivity contribution in [2.75, 3.05) is 6.61 Å². The SMILES string of the molecule is O=C(O)c1ccc2nc(Cc3cc(F)c(-c4cccc(OCc5cn6cccnc6n5)n4)cc3F)n(C[C@@H]3CCO3)c2c1. The Morgan fingerprint density at radius 3 is 2.74 bits per heavy atom. The Morgan fingerprint density at radius 1 is 1.07 bits per heavy atom. The van der Waals surface area contributed by atoms with Crippen molar-refractivity contribution >= 4 is 22.8 Å². The molecule has 2 aromatic carbocycles. The highest BCUT2D eigenvalue weighted by molar-refractivity contribution is 5.92. The normalized spacial score (nSPS) is 14.7. The summed E-state index contributed by atoms with van der Waals surface area (Å²) in [7, 11) is 0. The van der Waals surface area contributed by atoms with Crippen LogP contribution in [0.4, 0.5) is 8.78 Å². The van der Waals surface area contributed by atoms with Gasteiger partial charge in [-0.25, -0.2) is 33.5 Å². The van der Waals surface area contributed by atoms with Crippen LogP contribution >= 0.6 is 0 Å². The molecule has 43 heavy (non-hydrogen) atoms. The standard InChI is InChI=1S/C31H24F2N6O4/c32-23-14-22(25-3-1-4-29(37-25)43-17-20-15-38-9-2-8-34-31(38)35-20)24(33)11-19(23)13-28-36-26-6-5-18(30(40)41)12-27(26)39(28)16-21-7-10-42-21/h1-6,8-9,11-12,14-15,21H,7,10,13,16-17H2,(H,40,41)/t21-/m0/s1. The maximum absolute atomic E-state index is 15.5. The second-order valence-corrected chi connectivity index (χ2v) is 10.2. The third-order valence-electron chi connectivity index (χ3n) is 7.39. The molecule has 0 unspecified atom stereocenters. The number of benzene rings is 2. The van der Waals surface area contributed by atoms with E-state index in [0.717, 1.165) is 18.6 Å². The van der Waals surface area contributed by atoms with E-state index < -0.39 is 17.6 Å². The number of carboxylic acid groups (broad SMARTS) is 1. The number of ether oxygens (including phenoxy) is 2. The van der Waals surface area contributed by atoms with Gasteiger partial charge in [-0.2, -0.15) is 0 Å². The number of imidazole rings is 2. The Morgan fingerprint density at radius 2 is 1.95 bits per heavy atom. The predicted octanol–water partition coefficient (Wildman–Crippen LogP) is 5.08. The molecule has 0 bridgehead atoms. The summed E-state index contributed by atoms with van der Waals surface area (Å²) in [5.74, 6) is -1.07. The van der Waals surface area contributed by atoms with Crippen molar-refractivity contribution in [3.63, 3.8) is 0 Å². The van der Waals surface area contributed by atoms with Crippen molar-refractivity contribution < 1.29 is 28.2 Å². The van der Waals surface area contributed by atoms with Gasteiger partial charge >= 0.3 is 5.97 Å². The average Bonchev–Trinajstić information content (AvgIpc) is 3.55. The molecule has 1 fully saturated rings. The first-order chi connectivity index (χ1) is 20.9. The number of rotatable bonds is 9. The molecule has 0 radical (unpaired) electrons. The van der Waals surface area contributed by atoms with Crippen LogP contribution in [0, 0.1) is 11.6 Å². The number of halogens is 2. The van der Waals surface area contributed by atoms with Crippen LogP contribution in [-0.4, -0.2) is 52.7 Å². The van der Waals surface area contributed by atoms with Gasteiger partial charge < -0.3 is 19.1 Å². The van der Waals surface area contributed by atoms with Gasteiger partial charge in [-0.1, -0.05) is 6.07 Å². The average molecular weight is 583 g/mol. The smallest absolute Gasteiger partial charge is 0.335 e. The quantitative estimate of drug-likeness (QED) is 0.251. The van der Waals surface area contributed by atoms with Crippen LogP contribution in [0.15, 0.2) is 73.2 Å². The molecule has 4 aromatic heterocycles. The third kappa shape index (κ3) is 5.28. The Labute approximate surface area is 243 Å².